The summed E-state index contributed by atoms with van der Waals surface area (Å²) < 4.78 is 0. The zero-order chi connectivity index (χ0) is 13.1. The molecule has 0 bridgehead atoms. The molecule has 1 heterocycles. The molecule has 0 N–H and O–H groups in total. The van der Waals surface area contributed by atoms with E-state index >= 15 is 0 Å². The molecular formula is C18H9N2Na. The molecule has 0 saturated carbocycles. The summed E-state index contributed by atoms with van der Waals surface area (Å²) in [4.78, 5) is 9.61. The van der Waals surface area contributed by atoms with Gasteiger partial charge in [0.2, 0.25) is 0 Å². The first kappa shape index (κ1) is 13.0. The van der Waals surface area contributed by atoms with E-state index in [4.69, 9.17) is 9.97 Å². The second kappa shape index (κ2) is 4.63. The van der Waals surface area contributed by atoms with E-state index in [1.165, 1.54) is 21.9 Å². The van der Waals surface area contributed by atoms with Crippen LogP contribution in [0.1, 0.15) is 0 Å². The third kappa shape index (κ3) is 1.70. The fraction of sp³-hybridized carbons (Fsp3) is 0. The Kier molecular flexibility index (Phi) is 2.86. The molecule has 92 valence electrons. The molecule has 0 fully saturated rings. The van der Waals surface area contributed by atoms with E-state index in [-0.39, 0.29) is 29.6 Å². The average molecular weight is 276 g/mol. The Hall–Kier alpha value is -1.74. The summed E-state index contributed by atoms with van der Waals surface area (Å²) in [5.41, 5.74) is 6.18. The normalized spacial score (nSPS) is 11.4. The largest absolute Gasteiger partial charge is 1.00 e. The molecule has 1 aliphatic carbocycles. The minimum atomic E-state index is 0. The molecule has 0 radical (unpaired) electrons. The number of benzene rings is 3. The van der Waals surface area contributed by atoms with Gasteiger partial charge in [0, 0.05) is 16.5 Å². The predicted octanol–water partition coefficient (Wildman–Crippen LogP) is 1.23. The average Bonchev–Trinajstić information content (AvgIpc) is 2.82. The minimum Gasteiger partial charge on any atom is -0.308 e. The zero-order valence-electron chi connectivity index (χ0n) is 11.6. The van der Waals surface area contributed by atoms with Gasteiger partial charge in [0.25, 0.3) is 0 Å². The van der Waals surface area contributed by atoms with Gasteiger partial charge in [-0.2, -0.15) is 12.1 Å². The SMILES string of the molecule is [Na+].[c-]1ccc2nc3c(nc2c1)-c1cccc2cccc-3c12. The first-order chi connectivity index (χ1) is 9.92. The number of rotatable bonds is 0. The molecule has 2 nitrogen and oxygen atoms in total. The van der Waals surface area contributed by atoms with Crippen molar-refractivity contribution in [1.82, 2.24) is 9.97 Å². The summed E-state index contributed by atoms with van der Waals surface area (Å²) in [7, 11) is 0. The van der Waals surface area contributed by atoms with Gasteiger partial charge in [0.05, 0.1) is 11.4 Å². The third-order valence-electron chi connectivity index (χ3n) is 3.92. The van der Waals surface area contributed by atoms with Gasteiger partial charge in [0.15, 0.2) is 0 Å². The minimum absolute atomic E-state index is 0. The van der Waals surface area contributed by atoms with E-state index in [9.17, 15) is 0 Å². The van der Waals surface area contributed by atoms with Crippen LogP contribution in [0.25, 0.3) is 44.3 Å². The maximum atomic E-state index is 4.81. The summed E-state index contributed by atoms with van der Waals surface area (Å²) in [6.45, 7) is 0. The van der Waals surface area contributed by atoms with Gasteiger partial charge >= 0.3 is 29.6 Å². The predicted molar refractivity (Wildman–Crippen MR) is 80.3 cm³/mol. The van der Waals surface area contributed by atoms with Crippen LogP contribution in [0, 0.1) is 6.07 Å². The standard InChI is InChI=1S/C18H9N2.Na/c1-2-10-15-14(9-1)19-17-12-7-3-5-11-6-4-8-13(16(11)12)18(17)20-15;/h1,3-10H;/q-1;+1. The molecule has 0 aliphatic heterocycles. The van der Waals surface area contributed by atoms with Crippen molar-refractivity contribution in [3.63, 3.8) is 0 Å². The van der Waals surface area contributed by atoms with Crippen molar-refractivity contribution >= 4 is 21.8 Å². The van der Waals surface area contributed by atoms with Gasteiger partial charge in [-0.3, -0.25) is 4.98 Å². The maximum absolute atomic E-state index is 4.81. The van der Waals surface area contributed by atoms with Gasteiger partial charge in [-0.05, 0) is 16.4 Å². The van der Waals surface area contributed by atoms with Crippen LogP contribution < -0.4 is 29.6 Å². The van der Waals surface area contributed by atoms with Gasteiger partial charge in [0.1, 0.15) is 0 Å². The van der Waals surface area contributed by atoms with Gasteiger partial charge in [-0.1, -0.05) is 36.4 Å². The Morgan fingerprint density at radius 3 is 2.14 bits per heavy atom. The smallest absolute Gasteiger partial charge is 0.308 e. The Morgan fingerprint density at radius 2 is 1.43 bits per heavy atom. The van der Waals surface area contributed by atoms with Crippen molar-refractivity contribution in [3.05, 3.63) is 60.7 Å². The van der Waals surface area contributed by atoms with Crippen LogP contribution in [0.4, 0.5) is 0 Å². The molecule has 3 heteroatoms. The molecule has 0 amide bonds. The molecule has 5 rings (SSSR count). The first-order valence-electron chi connectivity index (χ1n) is 6.62. The van der Waals surface area contributed by atoms with Crippen molar-refractivity contribution < 1.29 is 29.6 Å². The Bertz CT molecular complexity index is 931. The third-order valence-corrected chi connectivity index (χ3v) is 3.92. The fourth-order valence-electron chi connectivity index (χ4n) is 3.06. The van der Waals surface area contributed by atoms with Crippen molar-refractivity contribution in [1.29, 1.82) is 0 Å². The van der Waals surface area contributed by atoms with Crippen molar-refractivity contribution in [2.45, 2.75) is 0 Å². The molecule has 3 aromatic carbocycles. The summed E-state index contributed by atoms with van der Waals surface area (Å²) in [6, 6.07) is 21.5. The first-order valence-corrected chi connectivity index (χ1v) is 6.62. The molecule has 0 spiro atoms. The second-order valence-electron chi connectivity index (χ2n) is 5.04. The molecule has 1 aromatic heterocycles. The number of fused-ring (bicyclic) bond motifs is 4. The molecular weight excluding hydrogens is 267 g/mol. The molecule has 1 aliphatic rings. The Balaban J connectivity index is 0.00000115. The number of nitrogens with zero attached hydrogens (tertiary/aromatic N) is 2. The molecule has 4 aromatic rings. The summed E-state index contributed by atoms with van der Waals surface area (Å²) >= 11 is 0. The van der Waals surface area contributed by atoms with Gasteiger partial charge < -0.3 is 4.98 Å². The van der Waals surface area contributed by atoms with Crippen LogP contribution in [-0.4, -0.2) is 9.97 Å². The van der Waals surface area contributed by atoms with Crippen LogP contribution in [0.15, 0.2) is 54.6 Å². The van der Waals surface area contributed by atoms with Crippen LogP contribution in [0.3, 0.4) is 0 Å². The van der Waals surface area contributed by atoms with Crippen molar-refractivity contribution in [3.8, 4) is 22.5 Å². The number of hydrogen-bond donors (Lipinski definition) is 0. The Morgan fingerprint density at radius 1 is 0.762 bits per heavy atom. The Labute approximate surface area is 144 Å². The zero-order valence-corrected chi connectivity index (χ0v) is 13.6. The number of hydrogen-bond acceptors (Lipinski definition) is 2. The van der Waals surface area contributed by atoms with E-state index in [0.717, 1.165) is 22.4 Å². The molecule has 0 unspecified atom stereocenters. The van der Waals surface area contributed by atoms with Gasteiger partial charge in [-0.25, -0.2) is 0 Å². The van der Waals surface area contributed by atoms with Crippen LogP contribution in [0.5, 0.6) is 0 Å². The maximum Gasteiger partial charge on any atom is 1.00 e. The van der Waals surface area contributed by atoms with Crippen molar-refractivity contribution in [2.75, 3.05) is 0 Å². The summed E-state index contributed by atoms with van der Waals surface area (Å²) in [6.07, 6.45) is 0. The molecule has 0 atom stereocenters. The van der Waals surface area contributed by atoms with Crippen LogP contribution >= 0.6 is 0 Å². The fourth-order valence-corrected chi connectivity index (χ4v) is 3.06. The summed E-state index contributed by atoms with van der Waals surface area (Å²) in [5, 5.41) is 2.51. The number of aromatic nitrogens is 2. The topological polar surface area (TPSA) is 25.8 Å². The molecule has 21 heavy (non-hydrogen) atoms. The van der Waals surface area contributed by atoms with E-state index < -0.39 is 0 Å². The molecule has 0 saturated heterocycles. The van der Waals surface area contributed by atoms with E-state index in [1.807, 2.05) is 18.2 Å². The van der Waals surface area contributed by atoms with Crippen molar-refractivity contribution in [2.24, 2.45) is 0 Å². The van der Waals surface area contributed by atoms with E-state index in [1.54, 1.807) is 0 Å². The van der Waals surface area contributed by atoms with Gasteiger partial charge in [-0.15, -0.1) is 12.1 Å². The van der Waals surface area contributed by atoms with E-state index in [2.05, 4.69) is 42.5 Å². The monoisotopic (exact) mass is 276 g/mol. The van der Waals surface area contributed by atoms with E-state index in [0.29, 0.717) is 0 Å². The van der Waals surface area contributed by atoms with Crippen LogP contribution in [0.2, 0.25) is 0 Å². The van der Waals surface area contributed by atoms with Crippen LogP contribution in [-0.2, 0) is 0 Å². The summed E-state index contributed by atoms with van der Waals surface area (Å²) in [5.74, 6) is 0. The second-order valence-corrected chi connectivity index (χ2v) is 5.04. The quantitative estimate of drug-likeness (QED) is 0.314.